The van der Waals surface area contributed by atoms with Crippen LogP contribution in [0.3, 0.4) is 0 Å². The largest absolute Gasteiger partial charge is 0.497 e. The van der Waals surface area contributed by atoms with Crippen molar-refractivity contribution in [2.24, 2.45) is 0 Å². The molecule has 46 heavy (non-hydrogen) atoms. The predicted molar refractivity (Wildman–Crippen MR) is 179 cm³/mol. The molecule has 1 N–H and O–H groups in total. The summed E-state index contributed by atoms with van der Waals surface area (Å²) in [5.74, 6) is 0.417. The third-order valence-corrected chi connectivity index (χ3v) is 11.8. The van der Waals surface area contributed by atoms with Gasteiger partial charge in [-0.05, 0) is 85.7 Å². The van der Waals surface area contributed by atoms with Crippen LogP contribution < -0.4 is 9.46 Å². The molecule has 1 aliphatic carbocycles. The van der Waals surface area contributed by atoms with E-state index in [1.807, 2.05) is 29.2 Å². The van der Waals surface area contributed by atoms with Crippen LogP contribution in [0.5, 0.6) is 5.75 Å². The number of carbonyl (C=O) groups is 2. The summed E-state index contributed by atoms with van der Waals surface area (Å²) in [6.45, 7) is 3.79. The Kier molecular flexibility index (Phi) is 8.19. The van der Waals surface area contributed by atoms with Crippen molar-refractivity contribution in [3.63, 3.8) is 0 Å². The van der Waals surface area contributed by atoms with E-state index in [0.717, 1.165) is 89.5 Å². The highest BCUT2D eigenvalue weighted by Crippen LogP contribution is 2.47. The van der Waals surface area contributed by atoms with Gasteiger partial charge in [-0.3, -0.25) is 14.5 Å². The number of hydrogen-bond acceptors (Lipinski definition) is 6. The lowest BCUT2D eigenvalue weighted by Crippen LogP contribution is -2.52. The first kappa shape index (κ1) is 31.0. The Hall–Kier alpha value is -3.67. The molecule has 3 fully saturated rings. The number of amides is 2. The van der Waals surface area contributed by atoms with Crippen molar-refractivity contribution in [3.05, 3.63) is 58.7 Å². The molecule has 4 aliphatic rings. The fourth-order valence-electron chi connectivity index (χ4n) is 7.96. The summed E-state index contributed by atoms with van der Waals surface area (Å²) >= 11 is 0. The monoisotopic (exact) mass is 645 g/mol. The van der Waals surface area contributed by atoms with Crippen LogP contribution >= 0.6 is 0 Å². The number of aromatic nitrogens is 1. The van der Waals surface area contributed by atoms with E-state index in [9.17, 15) is 18.0 Å². The fraction of sp³-hybridized carbons (Fsp3) is 0.486. The average molecular weight is 646 g/mol. The van der Waals surface area contributed by atoms with E-state index in [1.165, 1.54) is 32.5 Å². The zero-order valence-corrected chi connectivity index (χ0v) is 27.7. The van der Waals surface area contributed by atoms with Gasteiger partial charge >= 0.3 is 10.2 Å². The lowest BCUT2D eigenvalue weighted by atomic mass is 9.81. The number of benzene rings is 2. The number of ether oxygens (including phenoxy) is 1. The summed E-state index contributed by atoms with van der Waals surface area (Å²) in [5.41, 5.74) is 6.05. The fourth-order valence-corrected chi connectivity index (χ4v) is 8.49. The smallest absolute Gasteiger partial charge is 0.303 e. The first-order chi connectivity index (χ1) is 22.1. The van der Waals surface area contributed by atoms with Gasteiger partial charge in [0.15, 0.2) is 0 Å². The Balaban J connectivity index is 1.39. The molecule has 0 spiro atoms. The van der Waals surface area contributed by atoms with Crippen LogP contribution in [0, 0.1) is 0 Å². The molecule has 4 heterocycles. The van der Waals surface area contributed by atoms with Gasteiger partial charge in [0.05, 0.1) is 19.3 Å². The third-order valence-electron chi connectivity index (χ3n) is 10.4. The molecule has 1 saturated carbocycles. The van der Waals surface area contributed by atoms with Crippen molar-refractivity contribution < 1.29 is 22.7 Å². The number of hydrogen-bond donors (Lipinski definition) is 1. The minimum Gasteiger partial charge on any atom is -0.497 e. The number of rotatable bonds is 6. The molecule has 1 atom stereocenters. The molecular weight excluding hydrogens is 602 g/mol. The van der Waals surface area contributed by atoms with Crippen LogP contribution in [0.15, 0.2) is 42.0 Å². The lowest BCUT2D eigenvalue weighted by Gasteiger charge is -2.37. The van der Waals surface area contributed by atoms with Gasteiger partial charge in [0.25, 0.3) is 11.8 Å². The maximum Gasteiger partial charge on any atom is 0.303 e. The summed E-state index contributed by atoms with van der Waals surface area (Å²) in [6, 6.07) is 12.0. The molecule has 1 unspecified atom stereocenters. The zero-order chi connectivity index (χ0) is 32.2. The minimum atomic E-state index is -3.97. The predicted octanol–water partition coefficient (Wildman–Crippen LogP) is 4.60. The van der Waals surface area contributed by atoms with Crippen LogP contribution in [-0.4, -0.2) is 92.3 Å². The third kappa shape index (κ3) is 5.52. The van der Waals surface area contributed by atoms with E-state index < -0.39 is 16.1 Å². The van der Waals surface area contributed by atoms with Gasteiger partial charge in [-0.25, -0.2) is 4.72 Å². The molecule has 2 saturated heterocycles. The number of piperazine rings is 1. The Morgan fingerprint density at radius 3 is 2.52 bits per heavy atom. The van der Waals surface area contributed by atoms with E-state index in [4.69, 9.17) is 4.74 Å². The van der Waals surface area contributed by atoms with Gasteiger partial charge in [-0.15, -0.1) is 0 Å². The number of nitrogens with one attached hydrogen (secondary N) is 1. The molecule has 0 bridgehead atoms. The van der Waals surface area contributed by atoms with Gasteiger partial charge in [-0.1, -0.05) is 25.3 Å². The van der Waals surface area contributed by atoms with Crippen LogP contribution in [0.1, 0.15) is 72.3 Å². The van der Waals surface area contributed by atoms with Crippen LogP contribution in [-0.2, 0) is 21.5 Å². The van der Waals surface area contributed by atoms with Gasteiger partial charge in [0, 0.05) is 67.4 Å². The SMILES string of the molecule is COc1ccc2c(c1)C=C(C(=O)N1CCN3CCCC3C1)Cn1c-2c(C2CCCCC2)c2ccc(C(=O)NS(=O)(=O)N(C)C)cc21. The summed E-state index contributed by atoms with van der Waals surface area (Å²) in [7, 11) is 0.451. The lowest BCUT2D eigenvalue weighted by molar-refractivity contribution is -0.129. The van der Waals surface area contributed by atoms with E-state index in [1.54, 1.807) is 19.2 Å². The standard InChI is InChI=1S/C35H43N5O5S/c1-37(2)46(43,44)36-34(41)24-11-13-30-31(20-24)40-21-26(35(42)39-17-16-38-15-7-10-27(38)22-39)18-25-19-28(45-3)12-14-29(25)33(40)32(30)23-8-5-4-6-9-23/h11-14,18-20,23,27H,4-10,15-17,21-22H2,1-3H3,(H,36,41). The van der Waals surface area contributed by atoms with Crippen molar-refractivity contribution in [1.82, 2.24) is 23.4 Å². The molecule has 2 amide bonds. The van der Waals surface area contributed by atoms with E-state index in [0.29, 0.717) is 30.6 Å². The van der Waals surface area contributed by atoms with Crippen LogP contribution in [0.2, 0.25) is 0 Å². The number of methoxy groups -OCH3 is 1. The van der Waals surface area contributed by atoms with Gasteiger partial charge in [0.1, 0.15) is 5.75 Å². The summed E-state index contributed by atoms with van der Waals surface area (Å²) in [4.78, 5) is 32.2. The maximum atomic E-state index is 14.4. The van der Waals surface area contributed by atoms with Crippen molar-refractivity contribution >= 4 is 39.0 Å². The van der Waals surface area contributed by atoms with Gasteiger partial charge < -0.3 is 14.2 Å². The first-order valence-electron chi connectivity index (χ1n) is 16.5. The van der Waals surface area contributed by atoms with E-state index in [2.05, 4.69) is 20.3 Å². The summed E-state index contributed by atoms with van der Waals surface area (Å²) in [6.07, 6.45) is 10.0. The normalized spacial score (nSPS) is 20.6. The highest BCUT2D eigenvalue weighted by molar-refractivity contribution is 7.87. The van der Waals surface area contributed by atoms with Crippen LogP contribution in [0.25, 0.3) is 28.2 Å². The Bertz CT molecular complexity index is 1840. The molecule has 3 aliphatic heterocycles. The van der Waals surface area contributed by atoms with Gasteiger partial charge in [0.2, 0.25) is 0 Å². The Morgan fingerprint density at radius 2 is 1.76 bits per heavy atom. The highest BCUT2D eigenvalue weighted by atomic mass is 32.2. The zero-order valence-electron chi connectivity index (χ0n) is 26.9. The molecule has 2 aromatic carbocycles. The van der Waals surface area contributed by atoms with Gasteiger partial charge in [-0.2, -0.15) is 12.7 Å². The summed E-state index contributed by atoms with van der Waals surface area (Å²) < 4.78 is 36.0. The molecule has 1 aromatic heterocycles. The number of fused-ring (bicyclic) bond motifs is 6. The van der Waals surface area contributed by atoms with Crippen LogP contribution in [0.4, 0.5) is 0 Å². The van der Waals surface area contributed by atoms with Crippen molar-refractivity contribution in [3.8, 4) is 17.0 Å². The molecule has 11 heteroatoms. The quantitative estimate of drug-likeness (QED) is 0.420. The second kappa shape index (κ2) is 12.2. The maximum absolute atomic E-state index is 14.4. The van der Waals surface area contributed by atoms with Crippen molar-refractivity contribution in [1.29, 1.82) is 0 Å². The Morgan fingerprint density at radius 1 is 0.957 bits per heavy atom. The molecule has 0 radical (unpaired) electrons. The first-order valence-corrected chi connectivity index (χ1v) is 17.9. The molecule has 3 aromatic rings. The molecule has 244 valence electrons. The number of carbonyl (C=O) groups excluding carboxylic acids is 2. The number of nitrogens with zero attached hydrogens (tertiary/aromatic N) is 4. The summed E-state index contributed by atoms with van der Waals surface area (Å²) in [5, 5.41) is 1.05. The molecule has 10 nitrogen and oxygen atoms in total. The highest BCUT2D eigenvalue weighted by Gasteiger charge is 2.35. The second-order valence-corrected chi connectivity index (χ2v) is 15.2. The topological polar surface area (TPSA) is 104 Å². The average Bonchev–Trinajstić information content (AvgIpc) is 3.61. The molecular formula is C35H43N5O5S. The van der Waals surface area contributed by atoms with E-state index >= 15 is 0 Å². The molecule has 7 rings (SSSR count). The van der Waals surface area contributed by atoms with Crippen molar-refractivity contribution in [2.45, 2.75) is 63.5 Å². The van der Waals surface area contributed by atoms with E-state index in [-0.39, 0.29) is 11.5 Å². The Labute approximate surface area is 271 Å². The second-order valence-electron chi connectivity index (χ2n) is 13.3. The van der Waals surface area contributed by atoms with Crippen molar-refractivity contribution in [2.75, 3.05) is 47.4 Å². The minimum absolute atomic E-state index is 0.0419.